The van der Waals surface area contributed by atoms with E-state index in [1.54, 1.807) is 18.3 Å². The van der Waals surface area contributed by atoms with Crippen molar-refractivity contribution in [3.63, 3.8) is 0 Å². The second-order valence-corrected chi connectivity index (χ2v) is 3.57. The van der Waals surface area contributed by atoms with Gasteiger partial charge in [0.05, 0.1) is 6.20 Å². The van der Waals surface area contributed by atoms with Gasteiger partial charge >= 0.3 is 0 Å². The number of aliphatic hydroxyl groups excluding tert-OH is 1. The molecule has 0 saturated carbocycles. The molecule has 0 amide bonds. The average Bonchev–Trinajstić information content (AvgIpc) is 2.29. The molecular weight excluding hydrogens is 207 g/mol. The monoisotopic (exact) mass is 218 g/mol. The minimum Gasteiger partial charge on any atom is -0.384 e. The number of rotatable bonds is 2. The van der Waals surface area contributed by atoms with Gasteiger partial charge < -0.3 is 5.11 Å². The highest BCUT2D eigenvalue weighted by molar-refractivity contribution is 5.26. The van der Waals surface area contributed by atoms with Crippen LogP contribution in [0.5, 0.6) is 0 Å². The van der Waals surface area contributed by atoms with E-state index in [9.17, 15) is 9.50 Å². The molecule has 0 saturated heterocycles. The third kappa shape index (κ3) is 2.23. The van der Waals surface area contributed by atoms with E-state index in [4.69, 9.17) is 0 Å². The third-order valence-electron chi connectivity index (χ3n) is 2.29. The molecule has 0 aromatic carbocycles. The van der Waals surface area contributed by atoms with Gasteiger partial charge in [0.1, 0.15) is 11.9 Å². The molecule has 2 aromatic rings. The molecule has 0 spiro atoms. The van der Waals surface area contributed by atoms with Crippen molar-refractivity contribution in [2.45, 2.75) is 13.0 Å². The molecule has 1 atom stereocenters. The van der Waals surface area contributed by atoms with Crippen LogP contribution in [0.1, 0.15) is 22.9 Å². The van der Waals surface area contributed by atoms with E-state index < -0.39 is 11.9 Å². The zero-order valence-corrected chi connectivity index (χ0v) is 8.76. The number of hydrogen-bond donors (Lipinski definition) is 1. The Kier molecular flexibility index (Phi) is 2.92. The van der Waals surface area contributed by atoms with Crippen LogP contribution >= 0.6 is 0 Å². The number of nitrogens with zero attached hydrogens (tertiary/aromatic N) is 2. The lowest BCUT2D eigenvalue weighted by atomic mass is 10.1. The lowest BCUT2D eigenvalue weighted by molar-refractivity contribution is 0.219. The predicted octanol–water partition coefficient (Wildman–Crippen LogP) is 2.01. The van der Waals surface area contributed by atoms with E-state index in [2.05, 4.69) is 9.97 Å². The summed E-state index contributed by atoms with van der Waals surface area (Å²) in [6.07, 6.45) is 3.22. The summed E-state index contributed by atoms with van der Waals surface area (Å²) in [6, 6.07) is 4.82. The van der Waals surface area contributed by atoms with Crippen LogP contribution in [0.4, 0.5) is 4.39 Å². The van der Waals surface area contributed by atoms with Gasteiger partial charge in [-0.05, 0) is 19.1 Å². The minimum atomic E-state index is -0.892. The van der Waals surface area contributed by atoms with Gasteiger partial charge in [0, 0.05) is 29.2 Å². The van der Waals surface area contributed by atoms with Crippen molar-refractivity contribution in [1.29, 1.82) is 0 Å². The summed E-state index contributed by atoms with van der Waals surface area (Å²) in [5.41, 5.74) is 1.91. The van der Waals surface area contributed by atoms with E-state index in [-0.39, 0.29) is 0 Å². The summed E-state index contributed by atoms with van der Waals surface area (Å²) < 4.78 is 12.9. The fraction of sp³-hybridized carbons (Fsp3) is 0.167. The van der Waals surface area contributed by atoms with Gasteiger partial charge in [-0.25, -0.2) is 4.39 Å². The second-order valence-electron chi connectivity index (χ2n) is 3.57. The number of hydrogen-bond acceptors (Lipinski definition) is 3. The van der Waals surface area contributed by atoms with E-state index in [1.807, 2.05) is 6.92 Å². The van der Waals surface area contributed by atoms with E-state index in [0.29, 0.717) is 11.1 Å². The van der Waals surface area contributed by atoms with Crippen LogP contribution in [0.15, 0.2) is 36.8 Å². The first kappa shape index (κ1) is 10.7. The van der Waals surface area contributed by atoms with Gasteiger partial charge in [-0.15, -0.1) is 0 Å². The smallest absolute Gasteiger partial charge is 0.141 e. The molecule has 1 unspecified atom stereocenters. The van der Waals surface area contributed by atoms with Crippen LogP contribution in [-0.4, -0.2) is 15.1 Å². The normalized spacial score (nSPS) is 12.4. The summed E-state index contributed by atoms with van der Waals surface area (Å²) in [4.78, 5) is 7.77. The fourth-order valence-electron chi connectivity index (χ4n) is 1.41. The SMILES string of the molecule is Cc1ccc(C(O)c2cncc(F)c2)cn1. The molecular formula is C12H11FN2O. The van der Waals surface area contributed by atoms with Crippen molar-refractivity contribution in [3.8, 4) is 0 Å². The number of halogens is 1. The Bertz CT molecular complexity index is 485. The number of aromatic nitrogens is 2. The Balaban J connectivity index is 2.31. The summed E-state index contributed by atoms with van der Waals surface area (Å²) in [5, 5.41) is 9.96. The molecule has 1 N–H and O–H groups in total. The molecule has 82 valence electrons. The van der Waals surface area contributed by atoms with Crippen LogP contribution in [0.3, 0.4) is 0 Å². The third-order valence-corrected chi connectivity index (χ3v) is 2.29. The Labute approximate surface area is 92.6 Å². The van der Waals surface area contributed by atoms with Crippen LogP contribution in [0, 0.1) is 12.7 Å². The molecule has 0 radical (unpaired) electrons. The highest BCUT2D eigenvalue weighted by atomic mass is 19.1. The first-order valence-electron chi connectivity index (χ1n) is 4.88. The summed E-state index contributed by atoms with van der Waals surface area (Å²) >= 11 is 0. The van der Waals surface area contributed by atoms with Gasteiger partial charge in [-0.1, -0.05) is 6.07 Å². The molecule has 3 nitrogen and oxygen atoms in total. The Hall–Kier alpha value is -1.81. The van der Waals surface area contributed by atoms with E-state index >= 15 is 0 Å². The maximum absolute atomic E-state index is 12.9. The molecule has 0 bridgehead atoms. The summed E-state index contributed by atoms with van der Waals surface area (Å²) in [6.45, 7) is 1.86. The minimum absolute atomic E-state index is 0.422. The quantitative estimate of drug-likeness (QED) is 0.838. The van der Waals surface area contributed by atoms with Gasteiger partial charge in [0.15, 0.2) is 0 Å². The Morgan fingerprint density at radius 1 is 1.19 bits per heavy atom. The number of aliphatic hydroxyl groups is 1. The van der Waals surface area contributed by atoms with Gasteiger partial charge in [0.2, 0.25) is 0 Å². The fourth-order valence-corrected chi connectivity index (χ4v) is 1.41. The Morgan fingerprint density at radius 2 is 2.00 bits per heavy atom. The maximum Gasteiger partial charge on any atom is 0.141 e. The number of aryl methyl sites for hydroxylation is 1. The first-order valence-corrected chi connectivity index (χ1v) is 4.88. The van der Waals surface area contributed by atoms with Crippen molar-refractivity contribution >= 4 is 0 Å². The molecule has 16 heavy (non-hydrogen) atoms. The van der Waals surface area contributed by atoms with Crippen molar-refractivity contribution in [2.75, 3.05) is 0 Å². The van der Waals surface area contributed by atoms with Gasteiger partial charge in [-0.3, -0.25) is 9.97 Å². The molecule has 0 aliphatic rings. The van der Waals surface area contributed by atoms with E-state index in [1.165, 1.54) is 12.3 Å². The van der Waals surface area contributed by atoms with Gasteiger partial charge in [-0.2, -0.15) is 0 Å². The summed E-state index contributed by atoms with van der Waals surface area (Å²) in [5.74, 6) is -0.461. The molecule has 0 aliphatic heterocycles. The lowest BCUT2D eigenvalue weighted by Crippen LogP contribution is -2.01. The predicted molar refractivity (Wildman–Crippen MR) is 57.2 cm³/mol. The molecule has 0 fully saturated rings. The average molecular weight is 218 g/mol. The van der Waals surface area contributed by atoms with Crippen LogP contribution in [0.2, 0.25) is 0 Å². The first-order chi connectivity index (χ1) is 7.66. The standard InChI is InChI=1S/C12H11FN2O/c1-8-2-3-9(6-15-8)12(16)10-4-11(13)7-14-5-10/h2-7,12,16H,1H3. The van der Waals surface area contributed by atoms with E-state index in [0.717, 1.165) is 11.9 Å². The Morgan fingerprint density at radius 3 is 2.62 bits per heavy atom. The van der Waals surface area contributed by atoms with Crippen LogP contribution in [-0.2, 0) is 0 Å². The molecule has 0 aliphatic carbocycles. The number of pyridine rings is 2. The highest BCUT2D eigenvalue weighted by Gasteiger charge is 2.11. The largest absolute Gasteiger partial charge is 0.384 e. The van der Waals surface area contributed by atoms with Crippen LogP contribution < -0.4 is 0 Å². The molecule has 2 heterocycles. The van der Waals surface area contributed by atoms with Crippen molar-refractivity contribution in [2.24, 2.45) is 0 Å². The van der Waals surface area contributed by atoms with Crippen molar-refractivity contribution in [3.05, 3.63) is 59.4 Å². The second kappa shape index (κ2) is 4.37. The topological polar surface area (TPSA) is 46.0 Å². The highest BCUT2D eigenvalue weighted by Crippen LogP contribution is 2.20. The van der Waals surface area contributed by atoms with Crippen molar-refractivity contribution in [1.82, 2.24) is 9.97 Å². The molecule has 2 rings (SSSR count). The van der Waals surface area contributed by atoms with Crippen LogP contribution in [0.25, 0.3) is 0 Å². The van der Waals surface area contributed by atoms with Gasteiger partial charge in [0.25, 0.3) is 0 Å². The molecule has 2 aromatic heterocycles. The molecule has 4 heteroatoms. The maximum atomic E-state index is 12.9. The lowest BCUT2D eigenvalue weighted by Gasteiger charge is -2.10. The summed E-state index contributed by atoms with van der Waals surface area (Å²) in [7, 11) is 0. The zero-order chi connectivity index (χ0) is 11.5. The zero-order valence-electron chi connectivity index (χ0n) is 8.76. The van der Waals surface area contributed by atoms with Crippen molar-refractivity contribution < 1.29 is 9.50 Å².